The van der Waals surface area contributed by atoms with E-state index in [1.54, 1.807) is 11.3 Å². The van der Waals surface area contributed by atoms with Gasteiger partial charge in [0.25, 0.3) is 0 Å². The first-order valence-corrected chi connectivity index (χ1v) is 8.23. The number of guanidine groups is 1. The normalized spacial score (nSPS) is 12.5. The Kier molecular flexibility index (Phi) is 4.86. The van der Waals surface area contributed by atoms with Crippen LogP contribution in [0.2, 0.25) is 0 Å². The molecule has 2 aromatic rings. The van der Waals surface area contributed by atoms with Gasteiger partial charge in [0.1, 0.15) is 0 Å². The van der Waals surface area contributed by atoms with Crippen LogP contribution in [0.15, 0.2) is 28.6 Å². The number of aryl methyl sites for hydroxylation is 2. The van der Waals surface area contributed by atoms with E-state index in [-0.39, 0.29) is 5.41 Å². The average molecular weight is 316 g/mol. The molecule has 0 bridgehead atoms. The van der Waals surface area contributed by atoms with Crippen LogP contribution in [0.1, 0.15) is 42.6 Å². The SMILES string of the molecule is Cc1ccc(NC(N)=NCc2csc(C(C)(C)C)n2)cc1C. The molecule has 1 aromatic carbocycles. The molecule has 0 saturated heterocycles. The predicted octanol–water partition coefficient (Wildman–Crippen LogP) is 3.98. The Hall–Kier alpha value is -1.88. The number of rotatable bonds is 3. The summed E-state index contributed by atoms with van der Waals surface area (Å²) < 4.78 is 0. The number of aromatic nitrogens is 1. The zero-order valence-electron chi connectivity index (χ0n) is 13.9. The fourth-order valence-electron chi connectivity index (χ4n) is 1.90. The summed E-state index contributed by atoms with van der Waals surface area (Å²) in [6.07, 6.45) is 0. The summed E-state index contributed by atoms with van der Waals surface area (Å²) in [4.78, 5) is 8.98. The molecule has 118 valence electrons. The van der Waals surface area contributed by atoms with Gasteiger partial charge < -0.3 is 11.1 Å². The number of nitrogens with one attached hydrogen (secondary N) is 1. The van der Waals surface area contributed by atoms with Gasteiger partial charge in [-0.3, -0.25) is 0 Å². The number of anilines is 1. The van der Waals surface area contributed by atoms with E-state index in [2.05, 4.69) is 62.0 Å². The van der Waals surface area contributed by atoms with Crippen molar-refractivity contribution in [3.8, 4) is 0 Å². The van der Waals surface area contributed by atoms with Crippen molar-refractivity contribution in [2.24, 2.45) is 10.7 Å². The van der Waals surface area contributed by atoms with Crippen LogP contribution in [0.25, 0.3) is 0 Å². The molecule has 0 unspecified atom stereocenters. The molecular formula is C17H24N4S. The molecule has 0 fully saturated rings. The first-order valence-electron chi connectivity index (χ1n) is 7.35. The largest absolute Gasteiger partial charge is 0.370 e. The van der Waals surface area contributed by atoms with Crippen molar-refractivity contribution in [3.05, 3.63) is 45.4 Å². The van der Waals surface area contributed by atoms with Crippen LogP contribution in [0.3, 0.4) is 0 Å². The molecule has 0 radical (unpaired) electrons. The molecule has 0 spiro atoms. The predicted molar refractivity (Wildman–Crippen MR) is 95.7 cm³/mol. The van der Waals surface area contributed by atoms with Crippen molar-refractivity contribution in [1.29, 1.82) is 0 Å². The van der Waals surface area contributed by atoms with Crippen LogP contribution in [-0.2, 0) is 12.0 Å². The van der Waals surface area contributed by atoms with E-state index in [0.717, 1.165) is 16.4 Å². The lowest BCUT2D eigenvalue weighted by Crippen LogP contribution is -2.22. The first kappa shape index (κ1) is 16.5. The van der Waals surface area contributed by atoms with Gasteiger partial charge >= 0.3 is 0 Å². The zero-order chi connectivity index (χ0) is 16.3. The van der Waals surface area contributed by atoms with Crippen molar-refractivity contribution < 1.29 is 0 Å². The standard InChI is InChI=1S/C17H24N4S/c1-11-6-7-13(8-12(11)2)21-16(18)19-9-14-10-22-15(20-14)17(3,4)5/h6-8,10H,9H2,1-5H3,(H3,18,19,21). The monoisotopic (exact) mass is 316 g/mol. The van der Waals surface area contributed by atoms with Crippen LogP contribution < -0.4 is 11.1 Å². The quantitative estimate of drug-likeness (QED) is 0.665. The van der Waals surface area contributed by atoms with Gasteiger partial charge in [0.15, 0.2) is 5.96 Å². The molecule has 4 nitrogen and oxygen atoms in total. The Morgan fingerprint density at radius 2 is 2.00 bits per heavy atom. The van der Waals surface area contributed by atoms with Crippen molar-refractivity contribution >= 4 is 23.0 Å². The molecule has 1 heterocycles. The first-order chi connectivity index (χ1) is 10.3. The highest BCUT2D eigenvalue weighted by molar-refractivity contribution is 7.09. The maximum Gasteiger partial charge on any atom is 0.193 e. The van der Waals surface area contributed by atoms with Gasteiger partial charge in [-0.15, -0.1) is 11.3 Å². The smallest absolute Gasteiger partial charge is 0.193 e. The number of benzene rings is 1. The Morgan fingerprint density at radius 3 is 2.59 bits per heavy atom. The Morgan fingerprint density at radius 1 is 1.27 bits per heavy atom. The Bertz CT molecular complexity index is 680. The lowest BCUT2D eigenvalue weighted by Gasteiger charge is -2.13. The highest BCUT2D eigenvalue weighted by Gasteiger charge is 2.17. The molecule has 2 rings (SSSR count). The highest BCUT2D eigenvalue weighted by atomic mass is 32.1. The fourth-order valence-corrected chi connectivity index (χ4v) is 2.80. The van der Waals surface area contributed by atoms with Gasteiger partial charge in [-0.05, 0) is 37.1 Å². The van der Waals surface area contributed by atoms with Gasteiger partial charge in [-0.2, -0.15) is 0 Å². The molecule has 5 heteroatoms. The van der Waals surface area contributed by atoms with Gasteiger partial charge in [-0.1, -0.05) is 26.8 Å². The van der Waals surface area contributed by atoms with Gasteiger partial charge in [0.05, 0.1) is 17.2 Å². The number of nitrogens with zero attached hydrogens (tertiary/aromatic N) is 2. The number of hydrogen-bond acceptors (Lipinski definition) is 3. The van der Waals surface area contributed by atoms with E-state index in [0.29, 0.717) is 12.5 Å². The minimum absolute atomic E-state index is 0.0792. The summed E-state index contributed by atoms with van der Waals surface area (Å²) in [6.45, 7) is 11.1. The second kappa shape index (κ2) is 6.48. The number of aliphatic imine (C=N–C) groups is 1. The third-order valence-electron chi connectivity index (χ3n) is 3.38. The summed E-state index contributed by atoms with van der Waals surface area (Å²) >= 11 is 1.67. The number of nitrogens with two attached hydrogens (primary N) is 1. The van der Waals surface area contributed by atoms with Gasteiger partial charge in [-0.25, -0.2) is 9.98 Å². The molecule has 0 atom stereocenters. The summed E-state index contributed by atoms with van der Waals surface area (Å²) in [5.74, 6) is 0.411. The van der Waals surface area contributed by atoms with Crippen molar-refractivity contribution in [3.63, 3.8) is 0 Å². The fraction of sp³-hybridized carbons (Fsp3) is 0.412. The summed E-state index contributed by atoms with van der Waals surface area (Å²) in [5.41, 5.74) is 10.4. The molecule has 0 amide bonds. The molecule has 1 aromatic heterocycles. The molecule has 0 aliphatic carbocycles. The third kappa shape index (κ3) is 4.31. The van der Waals surface area contributed by atoms with E-state index in [1.165, 1.54) is 11.1 Å². The van der Waals surface area contributed by atoms with Crippen LogP contribution in [-0.4, -0.2) is 10.9 Å². The van der Waals surface area contributed by atoms with Crippen LogP contribution >= 0.6 is 11.3 Å². The maximum atomic E-state index is 5.95. The Balaban J connectivity index is 2.00. The molecule has 0 aliphatic heterocycles. The van der Waals surface area contributed by atoms with Crippen molar-refractivity contribution in [2.75, 3.05) is 5.32 Å². The van der Waals surface area contributed by atoms with E-state index in [1.807, 2.05) is 11.4 Å². The highest BCUT2D eigenvalue weighted by Crippen LogP contribution is 2.25. The van der Waals surface area contributed by atoms with E-state index < -0.39 is 0 Å². The van der Waals surface area contributed by atoms with Gasteiger partial charge in [0, 0.05) is 16.5 Å². The van der Waals surface area contributed by atoms with Crippen LogP contribution in [0.5, 0.6) is 0 Å². The average Bonchev–Trinajstić information content (AvgIpc) is 2.89. The van der Waals surface area contributed by atoms with E-state index in [4.69, 9.17) is 5.73 Å². The molecule has 0 aliphatic rings. The topological polar surface area (TPSA) is 63.3 Å². The summed E-state index contributed by atoms with van der Waals surface area (Å²) in [5, 5.41) is 6.29. The molecule has 22 heavy (non-hydrogen) atoms. The maximum absolute atomic E-state index is 5.95. The third-order valence-corrected chi connectivity index (χ3v) is 4.70. The van der Waals surface area contributed by atoms with Crippen LogP contribution in [0, 0.1) is 13.8 Å². The second-order valence-electron chi connectivity index (χ2n) is 6.52. The van der Waals surface area contributed by atoms with E-state index in [9.17, 15) is 0 Å². The summed E-state index contributed by atoms with van der Waals surface area (Å²) in [6, 6.07) is 6.14. The zero-order valence-corrected chi connectivity index (χ0v) is 14.7. The van der Waals surface area contributed by atoms with Crippen LogP contribution in [0.4, 0.5) is 5.69 Å². The van der Waals surface area contributed by atoms with E-state index >= 15 is 0 Å². The summed E-state index contributed by atoms with van der Waals surface area (Å²) in [7, 11) is 0. The molecule has 3 N–H and O–H groups in total. The minimum Gasteiger partial charge on any atom is -0.370 e. The lowest BCUT2D eigenvalue weighted by atomic mass is 9.98. The van der Waals surface area contributed by atoms with Crippen molar-refractivity contribution in [2.45, 2.75) is 46.6 Å². The second-order valence-corrected chi connectivity index (χ2v) is 7.38. The number of thiazole rings is 1. The van der Waals surface area contributed by atoms with Crippen molar-refractivity contribution in [1.82, 2.24) is 4.98 Å². The molecule has 0 saturated carbocycles. The lowest BCUT2D eigenvalue weighted by molar-refractivity contribution is 0.583. The minimum atomic E-state index is 0.0792. The Labute approximate surface area is 136 Å². The molecular weight excluding hydrogens is 292 g/mol. The van der Waals surface area contributed by atoms with Gasteiger partial charge in [0.2, 0.25) is 0 Å². The number of hydrogen-bond donors (Lipinski definition) is 2.